The van der Waals surface area contributed by atoms with Gasteiger partial charge in [-0.3, -0.25) is 0 Å². The minimum atomic E-state index is 0.552. The molecule has 0 unspecified atom stereocenters. The molecule has 0 fully saturated rings. The first-order valence-corrected chi connectivity index (χ1v) is 7.56. The maximum atomic E-state index is 5.69. The predicted octanol–water partition coefficient (Wildman–Crippen LogP) is 3.44. The van der Waals surface area contributed by atoms with Gasteiger partial charge in [0.05, 0.1) is 18.6 Å². The van der Waals surface area contributed by atoms with Crippen molar-refractivity contribution in [1.82, 2.24) is 0 Å². The van der Waals surface area contributed by atoms with Crippen molar-refractivity contribution in [2.24, 2.45) is 5.73 Å². The van der Waals surface area contributed by atoms with Gasteiger partial charge in [0, 0.05) is 6.54 Å². The molecular weight excluding hydrogens is 258 g/mol. The Bertz CT molecular complexity index is 471. The topological polar surface area (TPSA) is 48.4 Å². The second-order valence-electron chi connectivity index (χ2n) is 4.19. The normalized spacial score (nSPS) is 10.6. The molecule has 0 bridgehead atoms. The van der Waals surface area contributed by atoms with Gasteiger partial charge in [0.25, 0.3) is 0 Å². The first-order chi connectivity index (χ1) is 9.38. The lowest BCUT2D eigenvalue weighted by molar-refractivity contribution is 0.318. The lowest BCUT2D eigenvalue weighted by Gasteiger charge is -2.07. The van der Waals surface area contributed by atoms with Crippen LogP contribution in [0, 0.1) is 0 Å². The summed E-state index contributed by atoms with van der Waals surface area (Å²) in [5, 5.41) is 0. The first-order valence-electron chi connectivity index (χ1n) is 6.40. The molecule has 0 aliphatic heterocycles. The van der Waals surface area contributed by atoms with Crippen molar-refractivity contribution in [2.75, 3.05) is 12.4 Å². The average Bonchev–Trinajstić information content (AvgIpc) is 2.96. The van der Waals surface area contributed by atoms with E-state index in [4.69, 9.17) is 14.9 Å². The van der Waals surface area contributed by atoms with Crippen LogP contribution in [-0.2, 0) is 12.3 Å². The van der Waals surface area contributed by atoms with Crippen molar-refractivity contribution in [1.29, 1.82) is 0 Å². The predicted molar refractivity (Wildman–Crippen MR) is 79.3 cm³/mol. The molecule has 0 atom stereocenters. The molecule has 1 aromatic heterocycles. The molecule has 19 heavy (non-hydrogen) atoms. The molecule has 2 N–H and O–H groups in total. The number of furan rings is 1. The minimum Gasteiger partial charge on any atom is -0.494 e. The zero-order chi connectivity index (χ0) is 13.3. The third kappa shape index (κ3) is 5.01. The fourth-order valence-electron chi connectivity index (χ4n) is 1.68. The Morgan fingerprint density at radius 3 is 2.95 bits per heavy atom. The van der Waals surface area contributed by atoms with Crippen LogP contribution >= 0.6 is 11.8 Å². The Hall–Kier alpha value is -1.39. The highest BCUT2D eigenvalue weighted by Gasteiger charge is 1.98. The maximum absolute atomic E-state index is 5.69. The summed E-state index contributed by atoms with van der Waals surface area (Å²) in [7, 11) is 0. The van der Waals surface area contributed by atoms with Crippen molar-refractivity contribution in [3.8, 4) is 5.75 Å². The van der Waals surface area contributed by atoms with Crippen LogP contribution in [0.1, 0.15) is 17.7 Å². The number of hydrogen-bond donors (Lipinski definition) is 1. The van der Waals surface area contributed by atoms with E-state index >= 15 is 0 Å². The van der Waals surface area contributed by atoms with Crippen molar-refractivity contribution in [3.63, 3.8) is 0 Å². The summed E-state index contributed by atoms with van der Waals surface area (Å²) in [5.41, 5.74) is 6.69. The summed E-state index contributed by atoms with van der Waals surface area (Å²) in [6.45, 7) is 1.29. The summed E-state index contributed by atoms with van der Waals surface area (Å²) in [6, 6.07) is 11.9. The van der Waals surface area contributed by atoms with E-state index < -0.39 is 0 Å². The van der Waals surface area contributed by atoms with Crippen LogP contribution in [0.4, 0.5) is 0 Å². The van der Waals surface area contributed by atoms with Gasteiger partial charge < -0.3 is 14.9 Å². The Balaban J connectivity index is 1.58. The zero-order valence-corrected chi connectivity index (χ0v) is 11.7. The second-order valence-corrected chi connectivity index (χ2v) is 5.29. The number of ether oxygens (including phenoxy) is 1. The highest BCUT2D eigenvalue weighted by Crippen LogP contribution is 2.15. The molecular formula is C15H19NO2S. The molecule has 3 nitrogen and oxygen atoms in total. The fraction of sp³-hybridized carbons (Fsp3) is 0.333. The summed E-state index contributed by atoms with van der Waals surface area (Å²) in [5.74, 6) is 3.92. The number of hydrogen-bond acceptors (Lipinski definition) is 4. The van der Waals surface area contributed by atoms with Crippen LogP contribution in [-0.4, -0.2) is 12.4 Å². The minimum absolute atomic E-state index is 0.552. The van der Waals surface area contributed by atoms with Crippen LogP contribution in [0.15, 0.2) is 47.1 Å². The number of rotatable bonds is 8. The van der Waals surface area contributed by atoms with Gasteiger partial charge in [-0.25, -0.2) is 0 Å². The lowest BCUT2D eigenvalue weighted by Crippen LogP contribution is -2.01. The van der Waals surface area contributed by atoms with Gasteiger partial charge in [0.1, 0.15) is 11.5 Å². The van der Waals surface area contributed by atoms with Gasteiger partial charge in [0.2, 0.25) is 0 Å². The van der Waals surface area contributed by atoms with E-state index in [1.165, 1.54) is 0 Å². The summed E-state index contributed by atoms with van der Waals surface area (Å²) < 4.78 is 11.0. The molecule has 0 spiro atoms. The molecule has 0 radical (unpaired) electrons. The monoisotopic (exact) mass is 277 g/mol. The van der Waals surface area contributed by atoms with E-state index in [1.807, 2.05) is 48.2 Å². The largest absolute Gasteiger partial charge is 0.494 e. The van der Waals surface area contributed by atoms with Crippen LogP contribution in [0.3, 0.4) is 0 Å². The van der Waals surface area contributed by atoms with E-state index in [1.54, 1.807) is 6.26 Å². The van der Waals surface area contributed by atoms with E-state index in [-0.39, 0.29) is 0 Å². The smallest absolute Gasteiger partial charge is 0.119 e. The standard InChI is InChI=1S/C15H19NO2S/c16-11-13-4-1-5-14(10-13)17-8-3-9-19-12-15-6-2-7-18-15/h1-2,4-7,10H,3,8-9,11-12,16H2. The second kappa shape index (κ2) is 7.92. The Labute approximate surface area is 118 Å². The molecule has 1 heterocycles. The van der Waals surface area contributed by atoms with Crippen molar-refractivity contribution in [3.05, 3.63) is 54.0 Å². The van der Waals surface area contributed by atoms with Crippen LogP contribution < -0.4 is 10.5 Å². The highest BCUT2D eigenvalue weighted by atomic mass is 32.2. The van der Waals surface area contributed by atoms with E-state index in [0.717, 1.165) is 41.6 Å². The SMILES string of the molecule is NCc1cccc(OCCCSCc2ccco2)c1. The van der Waals surface area contributed by atoms with Gasteiger partial charge in [-0.1, -0.05) is 12.1 Å². The van der Waals surface area contributed by atoms with E-state index in [0.29, 0.717) is 6.54 Å². The zero-order valence-electron chi connectivity index (χ0n) is 10.9. The van der Waals surface area contributed by atoms with Crippen LogP contribution in [0.25, 0.3) is 0 Å². The van der Waals surface area contributed by atoms with Crippen molar-refractivity contribution in [2.45, 2.75) is 18.7 Å². The van der Waals surface area contributed by atoms with E-state index in [9.17, 15) is 0 Å². The number of nitrogens with two attached hydrogens (primary N) is 1. The molecule has 1 aromatic carbocycles. The Kier molecular flexibility index (Phi) is 5.85. The third-order valence-corrected chi connectivity index (χ3v) is 3.73. The molecule has 2 aromatic rings. The van der Waals surface area contributed by atoms with Crippen LogP contribution in [0.5, 0.6) is 5.75 Å². The first kappa shape index (κ1) is 14.0. The van der Waals surface area contributed by atoms with Gasteiger partial charge >= 0.3 is 0 Å². The van der Waals surface area contributed by atoms with Gasteiger partial charge in [-0.05, 0) is 42.0 Å². The average molecular weight is 277 g/mol. The fourth-order valence-corrected chi connectivity index (χ4v) is 2.51. The summed E-state index contributed by atoms with van der Waals surface area (Å²) >= 11 is 1.86. The summed E-state index contributed by atoms with van der Waals surface area (Å²) in [6.07, 6.45) is 2.74. The molecule has 0 aliphatic rings. The molecule has 102 valence electrons. The van der Waals surface area contributed by atoms with Crippen molar-refractivity contribution < 1.29 is 9.15 Å². The third-order valence-electron chi connectivity index (χ3n) is 2.66. The number of thioether (sulfide) groups is 1. The molecule has 0 amide bonds. The molecule has 0 saturated carbocycles. The quantitative estimate of drug-likeness (QED) is 0.751. The Morgan fingerprint density at radius 2 is 2.16 bits per heavy atom. The Morgan fingerprint density at radius 1 is 1.21 bits per heavy atom. The maximum Gasteiger partial charge on any atom is 0.119 e. The van der Waals surface area contributed by atoms with E-state index in [2.05, 4.69) is 0 Å². The van der Waals surface area contributed by atoms with Gasteiger partial charge in [-0.2, -0.15) is 11.8 Å². The number of benzene rings is 1. The molecule has 0 aliphatic carbocycles. The lowest BCUT2D eigenvalue weighted by atomic mass is 10.2. The highest BCUT2D eigenvalue weighted by molar-refractivity contribution is 7.98. The van der Waals surface area contributed by atoms with Crippen LogP contribution in [0.2, 0.25) is 0 Å². The van der Waals surface area contributed by atoms with Crippen molar-refractivity contribution >= 4 is 11.8 Å². The molecule has 0 saturated heterocycles. The van der Waals surface area contributed by atoms with Gasteiger partial charge in [-0.15, -0.1) is 0 Å². The van der Waals surface area contributed by atoms with Gasteiger partial charge in [0.15, 0.2) is 0 Å². The molecule has 2 rings (SSSR count). The summed E-state index contributed by atoms with van der Waals surface area (Å²) in [4.78, 5) is 0. The molecule has 4 heteroatoms.